The Morgan fingerprint density at radius 3 is 2.67 bits per heavy atom. The van der Waals surface area contributed by atoms with Crippen molar-refractivity contribution in [2.75, 3.05) is 18.6 Å². The van der Waals surface area contributed by atoms with Crippen molar-refractivity contribution in [3.63, 3.8) is 0 Å². The molecule has 1 N–H and O–H groups in total. The highest BCUT2D eigenvalue weighted by Gasteiger charge is 2.50. The zero-order valence-corrected chi connectivity index (χ0v) is 15.0. The number of ether oxygens (including phenoxy) is 1. The number of rotatable bonds is 7. The van der Waals surface area contributed by atoms with Crippen LogP contribution < -0.4 is 9.64 Å². The SMILES string of the molecule is COc1ccccc1C(=O)C[C@@]1(O)C(=O)N(CCCC#N)c2ccccc21. The number of ketones is 1. The van der Waals surface area contributed by atoms with Crippen LogP contribution in [0.4, 0.5) is 5.69 Å². The number of hydrogen-bond donors (Lipinski definition) is 1. The molecule has 0 bridgehead atoms. The van der Waals surface area contributed by atoms with E-state index in [0.717, 1.165) is 0 Å². The van der Waals surface area contributed by atoms with Gasteiger partial charge in [0.25, 0.3) is 5.91 Å². The molecule has 138 valence electrons. The van der Waals surface area contributed by atoms with Crippen molar-refractivity contribution in [1.82, 2.24) is 0 Å². The van der Waals surface area contributed by atoms with Gasteiger partial charge in [0.15, 0.2) is 11.4 Å². The van der Waals surface area contributed by atoms with Crippen molar-refractivity contribution < 1.29 is 19.4 Å². The van der Waals surface area contributed by atoms with Gasteiger partial charge in [0, 0.05) is 18.5 Å². The second-order valence-corrected chi connectivity index (χ2v) is 6.40. The molecule has 1 atom stereocenters. The number of carbonyl (C=O) groups is 2. The van der Waals surface area contributed by atoms with Gasteiger partial charge in [-0.2, -0.15) is 5.26 Å². The number of methoxy groups -OCH3 is 1. The first-order chi connectivity index (χ1) is 13.0. The molecule has 0 aromatic heterocycles. The number of Topliss-reactive ketones (excluding diaryl/α,β-unsaturated/α-hetero) is 1. The van der Waals surface area contributed by atoms with Gasteiger partial charge in [-0.25, -0.2) is 0 Å². The predicted molar refractivity (Wildman–Crippen MR) is 99.5 cm³/mol. The van der Waals surface area contributed by atoms with Crippen LogP contribution >= 0.6 is 0 Å². The van der Waals surface area contributed by atoms with Gasteiger partial charge in [-0.1, -0.05) is 30.3 Å². The fourth-order valence-corrected chi connectivity index (χ4v) is 3.42. The third-order valence-corrected chi connectivity index (χ3v) is 4.73. The third-order valence-electron chi connectivity index (χ3n) is 4.73. The van der Waals surface area contributed by atoms with Gasteiger partial charge in [-0.15, -0.1) is 0 Å². The highest BCUT2D eigenvalue weighted by molar-refractivity contribution is 6.11. The molecule has 6 nitrogen and oxygen atoms in total. The van der Waals surface area contributed by atoms with Crippen molar-refractivity contribution in [3.8, 4) is 11.8 Å². The molecule has 27 heavy (non-hydrogen) atoms. The molecule has 0 aliphatic carbocycles. The van der Waals surface area contributed by atoms with Crippen molar-refractivity contribution in [2.24, 2.45) is 0 Å². The lowest BCUT2D eigenvalue weighted by atomic mass is 9.88. The van der Waals surface area contributed by atoms with Crippen LogP contribution in [-0.2, 0) is 10.4 Å². The molecule has 0 unspecified atom stereocenters. The number of para-hydroxylation sites is 2. The average molecular weight is 364 g/mol. The Morgan fingerprint density at radius 2 is 1.93 bits per heavy atom. The van der Waals surface area contributed by atoms with E-state index in [1.165, 1.54) is 12.0 Å². The number of unbranched alkanes of at least 4 members (excludes halogenated alkanes) is 1. The van der Waals surface area contributed by atoms with E-state index in [0.29, 0.717) is 42.0 Å². The number of aliphatic hydroxyl groups is 1. The lowest BCUT2D eigenvalue weighted by Gasteiger charge is -2.23. The van der Waals surface area contributed by atoms with E-state index in [2.05, 4.69) is 0 Å². The molecule has 0 saturated carbocycles. The van der Waals surface area contributed by atoms with Crippen LogP contribution in [0, 0.1) is 11.3 Å². The molecule has 3 rings (SSSR count). The van der Waals surface area contributed by atoms with E-state index < -0.39 is 11.5 Å². The molecule has 0 spiro atoms. The van der Waals surface area contributed by atoms with Gasteiger partial charge in [0.1, 0.15) is 5.75 Å². The molecule has 0 fully saturated rings. The molecule has 1 aliphatic rings. The maximum absolute atomic E-state index is 13.0. The molecule has 2 aromatic carbocycles. The minimum Gasteiger partial charge on any atom is -0.496 e. The molecule has 1 amide bonds. The van der Waals surface area contributed by atoms with Crippen LogP contribution in [0.2, 0.25) is 0 Å². The lowest BCUT2D eigenvalue weighted by molar-refractivity contribution is -0.135. The summed E-state index contributed by atoms with van der Waals surface area (Å²) in [5.74, 6) is -0.516. The first-order valence-electron chi connectivity index (χ1n) is 8.70. The van der Waals surface area contributed by atoms with Crippen LogP contribution in [-0.4, -0.2) is 30.5 Å². The van der Waals surface area contributed by atoms with Crippen LogP contribution in [0.3, 0.4) is 0 Å². The lowest BCUT2D eigenvalue weighted by Crippen LogP contribution is -2.42. The number of nitrogens with zero attached hydrogens (tertiary/aromatic N) is 2. The van der Waals surface area contributed by atoms with Crippen molar-refractivity contribution >= 4 is 17.4 Å². The quantitative estimate of drug-likeness (QED) is 0.603. The second kappa shape index (κ2) is 7.60. The highest BCUT2D eigenvalue weighted by Crippen LogP contribution is 2.43. The van der Waals surface area contributed by atoms with Gasteiger partial charge in [-0.3, -0.25) is 9.59 Å². The van der Waals surface area contributed by atoms with E-state index in [1.54, 1.807) is 48.5 Å². The normalized spacial score (nSPS) is 18.1. The molecule has 6 heteroatoms. The largest absolute Gasteiger partial charge is 0.496 e. The Morgan fingerprint density at radius 1 is 1.22 bits per heavy atom. The number of nitriles is 1. The molecule has 2 aromatic rings. The zero-order chi connectivity index (χ0) is 19.4. The standard InChI is InChI=1S/C21H20N2O4/c1-27-19-11-5-2-8-15(19)18(24)14-21(26)16-9-3-4-10-17(16)23(20(21)25)13-7-6-12-22/h2-5,8-11,26H,6-7,13-14H2,1H3/t21-/m0/s1. The average Bonchev–Trinajstić information content (AvgIpc) is 2.90. The number of carbonyl (C=O) groups excluding carboxylic acids is 2. The Labute approximate surface area is 157 Å². The van der Waals surface area contributed by atoms with Gasteiger partial charge >= 0.3 is 0 Å². The molecular weight excluding hydrogens is 344 g/mol. The molecular formula is C21H20N2O4. The summed E-state index contributed by atoms with van der Waals surface area (Å²) in [5, 5.41) is 20.0. The predicted octanol–water partition coefficient (Wildman–Crippen LogP) is 2.81. The van der Waals surface area contributed by atoms with E-state index >= 15 is 0 Å². The summed E-state index contributed by atoms with van der Waals surface area (Å²) in [6, 6.07) is 15.7. The summed E-state index contributed by atoms with van der Waals surface area (Å²) in [6.45, 7) is 0.314. The first kappa shape index (κ1) is 18.6. The number of hydrogen-bond acceptors (Lipinski definition) is 5. The van der Waals surface area contributed by atoms with E-state index in [-0.39, 0.29) is 12.2 Å². The Kier molecular flexibility index (Phi) is 5.24. The fraction of sp³-hybridized carbons (Fsp3) is 0.286. The van der Waals surface area contributed by atoms with Crippen molar-refractivity contribution in [1.29, 1.82) is 5.26 Å². The van der Waals surface area contributed by atoms with E-state index in [4.69, 9.17) is 10.00 Å². The summed E-state index contributed by atoms with van der Waals surface area (Å²) in [7, 11) is 1.47. The van der Waals surface area contributed by atoms with E-state index in [9.17, 15) is 14.7 Å². The number of fused-ring (bicyclic) bond motifs is 1. The van der Waals surface area contributed by atoms with E-state index in [1.807, 2.05) is 6.07 Å². The fourth-order valence-electron chi connectivity index (χ4n) is 3.42. The summed E-state index contributed by atoms with van der Waals surface area (Å²) in [6.07, 6.45) is 0.426. The Bertz CT molecular complexity index is 918. The number of amides is 1. The molecule has 1 heterocycles. The number of anilines is 1. The van der Waals surface area contributed by atoms with Crippen LogP contribution in [0.15, 0.2) is 48.5 Å². The number of benzene rings is 2. The van der Waals surface area contributed by atoms with Gasteiger partial charge in [0.2, 0.25) is 0 Å². The second-order valence-electron chi connectivity index (χ2n) is 6.40. The molecule has 0 saturated heterocycles. The summed E-state index contributed by atoms with van der Waals surface area (Å²) in [5.41, 5.74) is -0.617. The smallest absolute Gasteiger partial charge is 0.264 e. The zero-order valence-electron chi connectivity index (χ0n) is 15.0. The minimum absolute atomic E-state index is 0.310. The van der Waals surface area contributed by atoms with Crippen LogP contribution in [0.1, 0.15) is 35.2 Å². The van der Waals surface area contributed by atoms with Crippen LogP contribution in [0.25, 0.3) is 0 Å². The Hall–Kier alpha value is -3.17. The van der Waals surface area contributed by atoms with Crippen molar-refractivity contribution in [2.45, 2.75) is 24.9 Å². The van der Waals surface area contributed by atoms with Crippen molar-refractivity contribution in [3.05, 3.63) is 59.7 Å². The minimum atomic E-state index is -1.93. The summed E-state index contributed by atoms with van der Waals surface area (Å²) >= 11 is 0. The van der Waals surface area contributed by atoms with Gasteiger partial charge in [-0.05, 0) is 24.6 Å². The Balaban J connectivity index is 1.93. The van der Waals surface area contributed by atoms with Gasteiger partial charge < -0.3 is 14.7 Å². The highest BCUT2D eigenvalue weighted by atomic mass is 16.5. The topological polar surface area (TPSA) is 90.6 Å². The summed E-state index contributed by atoms with van der Waals surface area (Å²) < 4.78 is 5.22. The monoisotopic (exact) mass is 364 g/mol. The maximum Gasteiger partial charge on any atom is 0.264 e. The summed E-state index contributed by atoms with van der Waals surface area (Å²) in [4.78, 5) is 27.3. The van der Waals surface area contributed by atoms with Crippen LogP contribution in [0.5, 0.6) is 5.75 Å². The first-order valence-corrected chi connectivity index (χ1v) is 8.70. The third kappa shape index (κ3) is 3.29. The maximum atomic E-state index is 13.0. The molecule has 0 radical (unpaired) electrons. The molecule has 1 aliphatic heterocycles. The van der Waals surface area contributed by atoms with Gasteiger partial charge in [0.05, 0.1) is 30.9 Å².